The van der Waals surface area contributed by atoms with E-state index in [1.807, 2.05) is 32.2 Å². The second kappa shape index (κ2) is 6.97. The first kappa shape index (κ1) is 14.4. The van der Waals surface area contributed by atoms with Crippen molar-refractivity contribution >= 4 is 11.6 Å². The molecule has 5 heteroatoms. The van der Waals surface area contributed by atoms with Gasteiger partial charge in [-0.15, -0.1) is 11.6 Å². The monoisotopic (exact) mass is 289 g/mol. The summed E-state index contributed by atoms with van der Waals surface area (Å²) in [6, 6.07) is 5.88. The maximum absolute atomic E-state index is 5.75. The Morgan fingerprint density at radius 1 is 1.40 bits per heavy atom. The Bertz CT molecular complexity index is 640. The summed E-state index contributed by atoms with van der Waals surface area (Å²) in [6.45, 7) is 2.40. The van der Waals surface area contributed by atoms with Crippen LogP contribution in [0.3, 0.4) is 0 Å². The maximum Gasteiger partial charge on any atom is 0.164 e. The summed E-state index contributed by atoms with van der Waals surface area (Å²) in [5, 5.41) is 4.00. The van der Waals surface area contributed by atoms with Crippen LogP contribution in [0.15, 0.2) is 24.5 Å². The van der Waals surface area contributed by atoms with Gasteiger partial charge in [0.05, 0.1) is 0 Å². The molecule has 0 fully saturated rings. The van der Waals surface area contributed by atoms with Crippen LogP contribution in [0.25, 0.3) is 0 Å². The highest BCUT2D eigenvalue weighted by Gasteiger charge is 2.04. The van der Waals surface area contributed by atoms with Gasteiger partial charge in [0.15, 0.2) is 5.82 Å². The number of ether oxygens (including phenoxy) is 1. The van der Waals surface area contributed by atoms with Crippen LogP contribution in [-0.4, -0.2) is 20.6 Å². The summed E-state index contributed by atoms with van der Waals surface area (Å²) < 4.78 is 7.45. The lowest BCUT2D eigenvalue weighted by Crippen LogP contribution is -2.05. The van der Waals surface area contributed by atoms with Crippen LogP contribution in [0.1, 0.15) is 23.4 Å². The van der Waals surface area contributed by atoms with Gasteiger partial charge in [0, 0.05) is 24.9 Å². The molecular weight excluding hydrogens is 274 g/mol. The molecule has 0 aliphatic heterocycles. The van der Waals surface area contributed by atoms with E-state index in [0.29, 0.717) is 18.9 Å². The van der Waals surface area contributed by atoms with Gasteiger partial charge < -0.3 is 4.74 Å². The summed E-state index contributed by atoms with van der Waals surface area (Å²) >= 11 is 5.59. The van der Waals surface area contributed by atoms with Crippen LogP contribution >= 0.6 is 11.6 Å². The Labute approximate surface area is 123 Å². The van der Waals surface area contributed by atoms with E-state index < -0.39 is 0 Å². The lowest BCUT2D eigenvalue weighted by atomic mass is 10.1. The van der Waals surface area contributed by atoms with Crippen molar-refractivity contribution in [2.24, 2.45) is 7.05 Å². The van der Waals surface area contributed by atoms with E-state index in [-0.39, 0.29) is 0 Å². The zero-order chi connectivity index (χ0) is 14.4. The number of aryl methyl sites for hydroxylation is 2. The molecule has 0 amide bonds. The van der Waals surface area contributed by atoms with Crippen LogP contribution < -0.4 is 4.74 Å². The first-order valence-electron chi connectivity index (χ1n) is 6.32. The van der Waals surface area contributed by atoms with Crippen molar-refractivity contribution in [3.8, 4) is 17.6 Å². The molecule has 0 saturated heterocycles. The van der Waals surface area contributed by atoms with Crippen molar-refractivity contribution in [2.45, 2.75) is 20.0 Å². The van der Waals surface area contributed by atoms with E-state index in [9.17, 15) is 0 Å². The number of benzene rings is 1. The Morgan fingerprint density at radius 2 is 2.25 bits per heavy atom. The van der Waals surface area contributed by atoms with E-state index in [0.717, 1.165) is 22.7 Å². The highest BCUT2D eigenvalue weighted by molar-refractivity contribution is 6.18. The molecule has 0 atom stereocenters. The number of alkyl halides is 1. The molecule has 0 aliphatic rings. The summed E-state index contributed by atoms with van der Waals surface area (Å²) in [7, 11) is 1.84. The largest absolute Gasteiger partial charge is 0.485 e. The Kier molecular flexibility index (Phi) is 5.03. The average Bonchev–Trinajstić information content (AvgIpc) is 2.84. The molecule has 0 spiro atoms. The van der Waals surface area contributed by atoms with Gasteiger partial charge >= 0.3 is 0 Å². The molecular formula is C15H16ClN3O. The molecule has 1 aromatic heterocycles. The minimum absolute atomic E-state index is 0.397. The lowest BCUT2D eigenvalue weighted by molar-refractivity contribution is 0.288. The molecule has 0 saturated carbocycles. The third kappa shape index (κ3) is 3.75. The minimum Gasteiger partial charge on any atom is -0.485 e. The topological polar surface area (TPSA) is 39.9 Å². The number of aromatic nitrogens is 3. The summed E-state index contributed by atoms with van der Waals surface area (Å²) in [6.07, 6.45) is 2.21. The van der Waals surface area contributed by atoms with Crippen LogP contribution in [0, 0.1) is 18.8 Å². The normalized spacial score (nSPS) is 9.95. The van der Waals surface area contributed by atoms with Gasteiger partial charge in [0.1, 0.15) is 18.7 Å². The van der Waals surface area contributed by atoms with Gasteiger partial charge in [-0.3, -0.25) is 4.68 Å². The van der Waals surface area contributed by atoms with Crippen molar-refractivity contribution < 1.29 is 4.74 Å². The summed E-state index contributed by atoms with van der Waals surface area (Å²) in [5.41, 5.74) is 2.02. The SMILES string of the molecule is Cc1cc(C#CCCCl)ccc1OCc1ncnn1C. The van der Waals surface area contributed by atoms with Gasteiger partial charge in [-0.05, 0) is 30.7 Å². The molecule has 2 aromatic rings. The quantitative estimate of drug-likeness (QED) is 0.642. The van der Waals surface area contributed by atoms with Crippen molar-refractivity contribution in [3.05, 3.63) is 41.5 Å². The Balaban J connectivity index is 2.03. The first-order chi connectivity index (χ1) is 9.70. The highest BCUT2D eigenvalue weighted by atomic mass is 35.5. The molecule has 1 heterocycles. The molecule has 0 bridgehead atoms. The standard InChI is InChI=1S/C15H16ClN3O/c1-12-9-13(5-3-4-8-16)6-7-14(12)20-10-15-17-11-18-19(15)2/h6-7,9,11H,4,8,10H2,1-2H3. The molecule has 20 heavy (non-hydrogen) atoms. The lowest BCUT2D eigenvalue weighted by Gasteiger charge is -2.08. The van der Waals surface area contributed by atoms with Gasteiger partial charge in [0.2, 0.25) is 0 Å². The molecule has 104 valence electrons. The molecule has 0 aliphatic carbocycles. The average molecular weight is 290 g/mol. The Hall–Kier alpha value is -1.99. The second-order valence-corrected chi connectivity index (χ2v) is 4.69. The van der Waals surface area contributed by atoms with E-state index >= 15 is 0 Å². The van der Waals surface area contributed by atoms with Crippen LogP contribution in [0.4, 0.5) is 0 Å². The molecule has 2 rings (SSSR count). The minimum atomic E-state index is 0.397. The van der Waals surface area contributed by atoms with Crippen molar-refractivity contribution in [1.29, 1.82) is 0 Å². The molecule has 0 N–H and O–H groups in total. The predicted octanol–water partition coefficient (Wildman–Crippen LogP) is 2.68. The number of rotatable bonds is 4. The second-order valence-electron chi connectivity index (χ2n) is 4.31. The number of nitrogens with zero attached hydrogens (tertiary/aromatic N) is 3. The predicted molar refractivity (Wildman–Crippen MR) is 78.7 cm³/mol. The van der Waals surface area contributed by atoms with E-state index in [4.69, 9.17) is 16.3 Å². The van der Waals surface area contributed by atoms with E-state index in [1.165, 1.54) is 6.33 Å². The molecule has 4 nitrogen and oxygen atoms in total. The van der Waals surface area contributed by atoms with Crippen LogP contribution in [0.2, 0.25) is 0 Å². The van der Waals surface area contributed by atoms with Gasteiger partial charge in [-0.1, -0.05) is 11.8 Å². The molecule has 1 aromatic carbocycles. The van der Waals surface area contributed by atoms with Crippen LogP contribution in [0.5, 0.6) is 5.75 Å². The number of halogens is 1. The first-order valence-corrected chi connectivity index (χ1v) is 6.85. The van der Waals surface area contributed by atoms with E-state index in [1.54, 1.807) is 4.68 Å². The van der Waals surface area contributed by atoms with Gasteiger partial charge in [-0.25, -0.2) is 4.98 Å². The summed E-state index contributed by atoms with van der Waals surface area (Å²) in [5.74, 6) is 8.27. The maximum atomic E-state index is 5.75. The van der Waals surface area contributed by atoms with Gasteiger partial charge in [-0.2, -0.15) is 5.10 Å². The number of hydrogen-bond acceptors (Lipinski definition) is 3. The van der Waals surface area contributed by atoms with Crippen molar-refractivity contribution in [3.63, 3.8) is 0 Å². The molecule has 0 radical (unpaired) electrons. The van der Waals surface area contributed by atoms with Crippen molar-refractivity contribution in [2.75, 3.05) is 5.88 Å². The highest BCUT2D eigenvalue weighted by Crippen LogP contribution is 2.19. The van der Waals surface area contributed by atoms with E-state index in [2.05, 4.69) is 21.9 Å². The number of hydrogen-bond donors (Lipinski definition) is 0. The smallest absolute Gasteiger partial charge is 0.164 e. The zero-order valence-corrected chi connectivity index (χ0v) is 12.3. The van der Waals surface area contributed by atoms with Gasteiger partial charge in [0.25, 0.3) is 0 Å². The van der Waals surface area contributed by atoms with Crippen LogP contribution in [-0.2, 0) is 13.7 Å². The third-order valence-corrected chi connectivity index (χ3v) is 2.98. The third-order valence-electron chi connectivity index (χ3n) is 2.79. The molecule has 0 unspecified atom stereocenters. The zero-order valence-electron chi connectivity index (χ0n) is 11.6. The fourth-order valence-electron chi connectivity index (χ4n) is 1.69. The Morgan fingerprint density at radius 3 is 2.90 bits per heavy atom. The van der Waals surface area contributed by atoms with Crippen molar-refractivity contribution in [1.82, 2.24) is 14.8 Å². The summed E-state index contributed by atoms with van der Waals surface area (Å²) in [4.78, 5) is 4.12. The fourth-order valence-corrected chi connectivity index (χ4v) is 1.79. The fraction of sp³-hybridized carbons (Fsp3) is 0.333.